The summed E-state index contributed by atoms with van der Waals surface area (Å²) in [6.07, 6.45) is 2.95. The van der Waals surface area contributed by atoms with Crippen LogP contribution in [-0.4, -0.2) is 60.3 Å². The number of nitrogens with zero attached hydrogens (tertiary/aromatic N) is 1. The number of rotatable bonds is 10. The van der Waals surface area contributed by atoms with Crippen molar-refractivity contribution >= 4 is 11.9 Å². The van der Waals surface area contributed by atoms with Gasteiger partial charge >= 0.3 is 5.97 Å². The fraction of sp³-hybridized carbons (Fsp3) is 0.846. The lowest BCUT2D eigenvalue weighted by atomic mass is 10.4. The van der Waals surface area contributed by atoms with Crippen LogP contribution in [0.4, 0.5) is 0 Å². The summed E-state index contributed by atoms with van der Waals surface area (Å²) in [5.74, 6) is -0.997. The summed E-state index contributed by atoms with van der Waals surface area (Å²) in [5, 5.41) is 11.6. The van der Waals surface area contributed by atoms with Gasteiger partial charge in [0.15, 0.2) is 0 Å². The summed E-state index contributed by atoms with van der Waals surface area (Å²) in [5.41, 5.74) is 0. The van der Waals surface area contributed by atoms with Crippen molar-refractivity contribution in [1.29, 1.82) is 0 Å². The second kappa shape index (κ2) is 8.12. The van der Waals surface area contributed by atoms with E-state index < -0.39 is 5.97 Å². The maximum Gasteiger partial charge on any atom is 0.317 e. The zero-order chi connectivity index (χ0) is 14.3. The minimum Gasteiger partial charge on any atom is -0.480 e. The SMILES string of the molecule is CC(C)OCCCNC(=O)CN(CC(=O)O)C1CC1. The molecule has 1 saturated carbocycles. The van der Waals surface area contributed by atoms with Gasteiger partial charge in [0.2, 0.25) is 5.91 Å². The van der Waals surface area contributed by atoms with Gasteiger partial charge in [-0.15, -0.1) is 0 Å². The summed E-state index contributed by atoms with van der Waals surface area (Å²) in [7, 11) is 0. The predicted octanol–water partition coefficient (Wildman–Crippen LogP) is 0.467. The molecule has 6 nitrogen and oxygen atoms in total. The van der Waals surface area contributed by atoms with Crippen LogP contribution in [0.5, 0.6) is 0 Å². The molecule has 1 aliphatic rings. The molecule has 0 heterocycles. The van der Waals surface area contributed by atoms with E-state index in [4.69, 9.17) is 9.84 Å². The first-order valence-electron chi connectivity index (χ1n) is 6.83. The molecular formula is C13H24N2O4. The minimum absolute atomic E-state index is 0.0610. The van der Waals surface area contributed by atoms with E-state index in [1.54, 1.807) is 4.90 Å². The number of aliphatic carboxylic acids is 1. The molecule has 2 N–H and O–H groups in total. The van der Waals surface area contributed by atoms with Crippen molar-refractivity contribution in [2.75, 3.05) is 26.2 Å². The third-order valence-corrected chi connectivity index (χ3v) is 2.84. The Labute approximate surface area is 114 Å². The molecule has 0 unspecified atom stereocenters. The van der Waals surface area contributed by atoms with Crippen molar-refractivity contribution in [3.05, 3.63) is 0 Å². The number of ether oxygens (including phenoxy) is 1. The highest BCUT2D eigenvalue weighted by Gasteiger charge is 2.31. The van der Waals surface area contributed by atoms with Crippen LogP contribution in [0.3, 0.4) is 0 Å². The first kappa shape index (κ1) is 15.9. The lowest BCUT2D eigenvalue weighted by molar-refractivity contribution is -0.138. The van der Waals surface area contributed by atoms with Crippen LogP contribution < -0.4 is 5.32 Å². The van der Waals surface area contributed by atoms with Gasteiger partial charge in [-0.1, -0.05) is 0 Å². The molecular weight excluding hydrogens is 248 g/mol. The van der Waals surface area contributed by atoms with Crippen molar-refractivity contribution in [1.82, 2.24) is 10.2 Å². The largest absolute Gasteiger partial charge is 0.480 e. The number of hydrogen-bond acceptors (Lipinski definition) is 4. The maximum atomic E-state index is 11.7. The van der Waals surface area contributed by atoms with Crippen molar-refractivity contribution in [3.8, 4) is 0 Å². The van der Waals surface area contributed by atoms with E-state index in [-0.39, 0.29) is 31.1 Å². The Morgan fingerprint density at radius 1 is 1.37 bits per heavy atom. The van der Waals surface area contributed by atoms with Gasteiger partial charge in [-0.05, 0) is 33.1 Å². The van der Waals surface area contributed by atoms with E-state index in [1.165, 1.54) is 0 Å². The molecule has 0 spiro atoms. The molecule has 0 aliphatic heterocycles. The Bertz CT molecular complexity index is 303. The third kappa shape index (κ3) is 7.79. The Morgan fingerprint density at radius 2 is 2.05 bits per heavy atom. The van der Waals surface area contributed by atoms with Crippen LogP contribution >= 0.6 is 0 Å². The number of nitrogens with one attached hydrogen (secondary N) is 1. The molecule has 0 saturated heterocycles. The van der Waals surface area contributed by atoms with Gasteiger partial charge in [-0.25, -0.2) is 0 Å². The van der Waals surface area contributed by atoms with E-state index in [1.807, 2.05) is 13.8 Å². The van der Waals surface area contributed by atoms with Crippen LogP contribution in [-0.2, 0) is 14.3 Å². The van der Waals surface area contributed by atoms with Gasteiger partial charge in [-0.3, -0.25) is 14.5 Å². The Kier molecular flexibility index (Phi) is 6.80. The fourth-order valence-corrected chi connectivity index (χ4v) is 1.79. The number of carbonyl (C=O) groups excluding carboxylic acids is 1. The van der Waals surface area contributed by atoms with E-state index in [0.717, 1.165) is 19.3 Å². The molecule has 19 heavy (non-hydrogen) atoms. The van der Waals surface area contributed by atoms with Gasteiger partial charge < -0.3 is 15.2 Å². The molecule has 1 rings (SSSR count). The predicted molar refractivity (Wildman–Crippen MR) is 70.9 cm³/mol. The lowest BCUT2D eigenvalue weighted by Gasteiger charge is -2.18. The summed E-state index contributed by atoms with van der Waals surface area (Å²) in [6.45, 7) is 5.24. The first-order valence-corrected chi connectivity index (χ1v) is 6.83. The van der Waals surface area contributed by atoms with Crippen LogP contribution in [0.15, 0.2) is 0 Å². The smallest absolute Gasteiger partial charge is 0.317 e. The average Bonchev–Trinajstić information content (AvgIpc) is 3.10. The summed E-state index contributed by atoms with van der Waals surface area (Å²) in [4.78, 5) is 24.1. The summed E-state index contributed by atoms with van der Waals surface area (Å²) < 4.78 is 5.37. The number of carbonyl (C=O) groups is 2. The van der Waals surface area contributed by atoms with Crippen LogP contribution in [0.1, 0.15) is 33.1 Å². The molecule has 0 atom stereocenters. The van der Waals surface area contributed by atoms with E-state index in [0.29, 0.717) is 13.2 Å². The van der Waals surface area contributed by atoms with Gasteiger partial charge in [0.05, 0.1) is 19.2 Å². The van der Waals surface area contributed by atoms with Crippen molar-refractivity contribution in [2.45, 2.75) is 45.3 Å². The van der Waals surface area contributed by atoms with Gasteiger partial charge in [0.1, 0.15) is 0 Å². The molecule has 1 aliphatic carbocycles. The van der Waals surface area contributed by atoms with Gasteiger partial charge in [-0.2, -0.15) is 0 Å². The molecule has 1 amide bonds. The van der Waals surface area contributed by atoms with Crippen LogP contribution in [0, 0.1) is 0 Å². The highest BCUT2D eigenvalue weighted by atomic mass is 16.5. The van der Waals surface area contributed by atoms with Gasteiger partial charge in [0, 0.05) is 19.2 Å². The molecule has 0 aromatic carbocycles. The number of amides is 1. The summed E-state index contributed by atoms with van der Waals surface area (Å²) in [6, 6.07) is 0.270. The fourth-order valence-electron chi connectivity index (χ4n) is 1.79. The number of carboxylic acids is 1. The van der Waals surface area contributed by atoms with Crippen LogP contribution in [0.25, 0.3) is 0 Å². The second-order valence-electron chi connectivity index (χ2n) is 5.15. The zero-order valence-electron chi connectivity index (χ0n) is 11.7. The number of carboxylic acid groups (broad SMARTS) is 1. The second-order valence-corrected chi connectivity index (χ2v) is 5.15. The Hall–Kier alpha value is -1.14. The van der Waals surface area contributed by atoms with Crippen molar-refractivity contribution < 1.29 is 19.4 Å². The topological polar surface area (TPSA) is 78.9 Å². The molecule has 6 heteroatoms. The molecule has 110 valence electrons. The van der Waals surface area contributed by atoms with Crippen molar-refractivity contribution in [3.63, 3.8) is 0 Å². The van der Waals surface area contributed by atoms with Gasteiger partial charge in [0.25, 0.3) is 0 Å². The standard InChI is InChI=1S/C13H24N2O4/c1-10(2)19-7-3-6-14-12(16)8-15(9-13(17)18)11-4-5-11/h10-11H,3-9H2,1-2H3,(H,14,16)(H,17,18). The maximum absolute atomic E-state index is 11.7. The lowest BCUT2D eigenvalue weighted by Crippen LogP contribution is -2.41. The highest BCUT2D eigenvalue weighted by Crippen LogP contribution is 2.26. The molecule has 0 aromatic rings. The third-order valence-electron chi connectivity index (χ3n) is 2.84. The average molecular weight is 272 g/mol. The highest BCUT2D eigenvalue weighted by molar-refractivity contribution is 5.79. The first-order chi connectivity index (χ1) is 8.99. The molecule has 0 bridgehead atoms. The monoisotopic (exact) mass is 272 g/mol. The summed E-state index contributed by atoms with van der Waals surface area (Å²) >= 11 is 0. The Morgan fingerprint density at radius 3 is 2.58 bits per heavy atom. The molecule has 0 aromatic heterocycles. The minimum atomic E-state index is -0.884. The quantitative estimate of drug-likeness (QED) is 0.565. The van der Waals surface area contributed by atoms with E-state index >= 15 is 0 Å². The zero-order valence-corrected chi connectivity index (χ0v) is 11.7. The normalized spacial score (nSPS) is 14.9. The Balaban J connectivity index is 2.12. The molecule has 0 radical (unpaired) electrons. The molecule has 1 fully saturated rings. The van der Waals surface area contributed by atoms with Crippen LogP contribution in [0.2, 0.25) is 0 Å². The van der Waals surface area contributed by atoms with Crippen molar-refractivity contribution in [2.24, 2.45) is 0 Å². The van der Waals surface area contributed by atoms with E-state index in [9.17, 15) is 9.59 Å². The number of hydrogen-bond donors (Lipinski definition) is 2. The van der Waals surface area contributed by atoms with E-state index in [2.05, 4.69) is 5.32 Å².